The van der Waals surface area contributed by atoms with Crippen LogP contribution in [0, 0.1) is 5.41 Å². The molecule has 158 valence electrons. The van der Waals surface area contributed by atoms with Gasteiger partial charge in [0.15, 0.2) is 0 Å². The molecule has 32 heavy (non-hydrogen) atoms. The summed E-state index contributed by atoms with van der Waals surface area (Å²) in [6.07, 6.45) is 0.348. The topological polar surface area (TPSA) is 81.5 Å². The second-order valence-corrected chi connectivity index (χ2v) is 8.10. The molecule has 0 aromatic heterocycles. The fourth-order valence-corrected chi connectivity index (χ4v) is 4.41. The van der Waals surface area contributed by atoms with Crippen LogP contribution < -0.4 is 0 Å². The summed E-state index contributed by atoms with van der Waals surface area (Å²) in [5.41, 5.74) is 3.80. The molecule has 1 N–H and O–H groups in total. The van der Waals surface area contributed by atoms with E-state index in [9.17, 15) is 14.4 Å². The first-order chi connectivity index (χ1) is 15.5. The molecule has 2 aliphatic heterocycles. The maximum Gasteiger partial charge on any atom is 0.261 e. The predicted octanol–water partition coefficient (Wildman–Crippen LogP) is 3.88. The average Bonchev–Trinajstić information content (AvgIpc) is 3.32. The Labute approximate surface area is 185 Å². The van der Waals surface area contributed by atoms with Crippen LogP contribution in [-0.4, -0.2) is 52.4 Å². The lowest BCUT2D eigenvalue weighted by atomic mass is 10.0. The first-order valence-electron chi connectivity index (χ1n) is 10.5. The van der Waals surface area contributed by atoms with E-state index in [0.29, 0.717) is 28.8 Å². The van der Waals surface area contributed by atoms with Gasteiger partial charge in [-0.25, -0.2) is 0 Å². The summed E-state index contributed by atoms with van der Waals surface area (Å²) < 4.78 is 0. The normalized spacial score (nSPS) is 17.8. The number of nitrogens with one attached hydrogen (secondary N) is 1. The summed E-state index contributed by atoms with van der Waals surface area (Å²) in [5, 5.41) is 8.13. The Hall–Kier alpha value is -4.06. The van der Waals surface area contributed by atoms with Crippen LogP contribution in [0.15, 0.2) is 78.9 Å². The van der Waals surface area contributed by atoms with Gasteiger partial charge in [-0.1, -0.05) is 54.6 Å². The molecule has 0 saturated carbocycles. The number of nitrogens with zero attached hydrogens (tertiary/aromatic N) is 2. The molecule has 0 radical (unpaired) electrons. The second-order valence-electron chi connectivity index (χ2n) is 8.10. The number of rotatable bonds is 4. The zero-order chi connectivity index (χ0) is 22.2. The molecule has 3 aromatic rings. The van der Waals surface area contributed by atoms with Gasteiger partial charge in [0.05, 0.1) is 30.3 Å². The van der Waals surface area contributed by atoms with Crippen LogP contribution in [0.5, 0.6) is 0 Å². The number of imide groups is 1. The number of benzene rings is 3. The number of amides is 3. The Kier molecular flexibility index (Phi) is 4.90. The summed E-state index contributed by atoms with van der Waals surface area (Å²) in [6, 6.07) is 23.6. The van der Waals surface area contributed by atoms with Crippen molar-refractivity contribution in [3.63, 3.8) is 0 Å². The molecule has 0 aliphatic carbocycles. The van der Waals surface area contributed by atoms with E-state index in [4.69, 9.17) is 5.41 Å². The molecular weight excluding hydrogens is 402 g/mol. The third-order valence-corrected chi connectivity index (χ3v) is 6.06. The van der Waals surface area contributed by atoms with Crippen molar-refractivity contribution in [3.8, 4) is 11.1 Å². The fourth-order valence-electron chi connectivity index (χ4n) is 4.41. The van der Waals surface area contributed by atoms with E-state index in [-0.39, 0.29) is 30.8 Å². The maximum atomic E-state index is 13.2. The summed E-state index contributed by atoms with van der Waals surface area (Å²) in [7, 11) is 0. The van der Waals surface area contributed by atoms with Crippen molar-refractivity contribution >= 4 is 23.4 Å². The van der Waals surface area contributed by atoms with E-state index in [1.54, 1.807) is 41.3 Å². The molecule has 6 nitrogen and oxygen atoms in total. The standard InChI is InChI=1S/C26H21N3O3/c27-20-14-21(16-29-25(31)22-8-4-5-9-23(22)26(29)32)28(15-20)24(30)19-12-10-18(11-13-19)17-6-2-1-3-7-17/h1-13,21,27H,14-16H2. The van der Waals surface area contributed by atoms with Crippen LogP contribution in [-0.2, 0) is 0 Å². The van der Waals surface area contributed by atoms with E-state index in [1.807, 2.05) is 42.5 Å². The Morgan fingerprint density at radius 3 is 2.00 bits per heavy atom. The molecule has 1 saturated heterocycles. The molecule has 0 bridgehead atoms. The first kappa shape index (κ1) is 19.9. The van der Waals surface area contributed by atoms with E-state index in [0.717, 1.165) is 11.1 Å². The van der Waals surface area contributed by atoms with Gasteiger partial charge in [0.2, 0.25) is 0 Å². The van der Waals surface area contributed by atoms with Gasteiger partial charge in [0.1, 0.15) is 0 Å². The Balaban J connectivity index is 1.35. The van der Waals surface area contributed by atoms with Gasteiger partial charge in [0, 0.05) is 17.7 Å². The molecule has 3 amide bonds. The monoisotopic (exact) mass is 423 g/mol. The predicted molar refractivity (Wildman–Crippen MR) is 121 cm³/mol. The third-order valence-electron chi connectivity index (χ3n) is 6.06. The molecule has 1 atom stereocenters. The third kappa shape index (κ3) is 3.39. The van der Waals surface area contributed by atoms with Crippen LogP contribution in [0.4, 0.5) is 0 Å². The fraction of sp³-hybridized carbons (Fsp3) is 0.154. The Bertz CT molecular complexity index is 1200. The van der Waals surface area contributed by atoms with E-state index in [2.05, 4.69) is 0 Å². The van der Waals surface area contributed by atoms with Gasteiger partial charge in [-0.3, -0.25) is 19.3 Å². The maximum absolute atomic E-state index is 13.2. The number of hydrogen-bond donors (Lipinski definition) is 1. The van der Waals surface area contributed by atoms with Crippen molar-refractivity contribution in [1.82, 2.24) is 9.80 Å². The van der Waals surface area contributed by atoms with Crippen molar-refractivity contribution < 1.29 is 14.4 Å². The zero-order valence-electron chi connectivity index (χ0n) is 17.3. The van der Waals surface area contributed by atoms with Gasteiger partial charge >= 0.3 is 0 Å². The molecular formula is C26H21N3O3. The van der Waals surface area contributed by atoms with Crippen LogP contribution in [0.1, 0.15) is 37.5 Å². The average molecular weight is 423 g/mol. The minimum atomic E-state index is -0.411. The quantitative estimate of drug-likeness (QED) is 0.647. The minimum Gasteiger partial charge on any atom is -0.328 e. The van der Waals surface area contributed by atoms with Crippen molar-refractivity contribution in [2.75, 3.05) is 13.1 Å². The van der Waals surface area contributed by atoms with Gasteiger partial charge < -0.3 is 10.3 Å². The summed E-state index contributed by atoms with van der Waals surface area (Å²) in [5.74, 6) is -0.888. The van der Waals surface area contributed by atoms with Gasteiger partial charge in [0.25, 0.3) is 17.7 Å². The molecule has 5 rings (SSSR count). The van der Waals surface area contributed by atoms with Crippen molar-refractivity contribution in [3.05, 3.63) is 95.6 Å². The highest BCUT2D eigenvalue weighted by atomic mass is 16.2. The molecule has 1 fully saturated rings. The van der Waals surface area contributed by atoms with Crippen LogP contribution in [0.2, 0.25) is 0 Å². The number of likely N-dealkylation sites (tertiary alicyclic amines) is 1. The van der Waals surface area contributed by atoms with Crippen LogP contribution >= 0.6 is 0 Å². The molecule has 3 aromatic carbocycles. The molecule has 2 heterocycles. The highest BCUT2D eigenvalue weighted by molar-refractivity contribution is 6.21. The summed E-state index contributed by atoms with van der Waals surface area (Å²) >= 11 is 0. The largest absolute Gasteiger partial charge is 0.328 e. The number of fused-ring (bicyclic) bond motifs is 1. The highest BCUT2D eigenvalue weighted by Crippen LogP contribution is 2.27. The lowest BCUT2D eigenvalue weighted by molar-refractivity contribution is 0.0562. The van der Waals surface area contributed by atoms with Crippen molar-refractivity contribution in [1.29, 1.82) is 5.41 Å². The van der Waals surface area contributed by atoms with Crippen molar-refractivity contribution in [2.24, 2.45) is 0 Å². The van der Waals surface area contributed by atoms with Crippen molar-refractivity contribution in [2.45, 2.75) is 12.5 Å². The van der Waals surface area contributed by atoms with E-state index in [1.165, 1.54) is 4.90 Å². The molecule has 2 aliphatic rings. The van der Waals surface area contributed by atoms with E-state index < -0.39 is 6.04 Å². The molecule has 6 heteroatoms. The van der Waals surface area contributed by atoms with Crippen LogP contribution in [0.3, 0.4) is 0 Å². The van der Waals surface area contributed by atoms with Gasteiger partial charge in [-0.15, -0.1) is 0 Å². The Morgan fingerprint density at radius 1 is 0.812 bits per heavy atom. The minimum absolute atomic E-state index is 0.0859. The van der Waals surface area contributed by atoms with Gasteiger partial charge in [-0.2, -0.15) is 0 Å². The summed E-state index contributed by atoms with van der Waals surface area (Å²) in [6.45, 7) is 0.287. The SMILES string of the molecule is N=C1CC(CN2C(=O)c3ccccc3C2=O)N(C(=O)c2ccc(-c3ccccc3)cc2)C1. The first-order valence-corrected chi connectivity index (χ1v) is 10.5. The lowest BCUT2D eigenvalue weighted by Crippen LogP contribution is -2.45. The number of carbonyl (C=O) groups excluding carboxylic acids is 3. The molecule has 1 unspecified atom stereocenters. The number of carbonyl (C=O) groups is 3. The Morgan fingerprint density at radius 2 is 1.38 bits per heavy atom. The smallest absolute Gasteiger partial charge is 0.261 e. The zero-order valence-corrected chi connectivity index (χ0v) is 17.3. The second kappa shape index (κ2) is 7.89. The lowest BCUT2D eigenvalue weighted by Gasteiger charge is -2.27. The van der Waals surface area contributed by atoms with E-state index >= 15 is 0 Å². The van der Waals surface area contributed by atoms with Crippen LogP contribution in [0.25, 0.3) is 11.1 Å². The number of hydrogen-bond acceptors (Lipinski definition) is 4. The summed E-state index contributed by atoms with van der Waals surface area (Å²) in [4.78, 5) is 41.5. The van der Waals surface area contributed by atoms with Gasteiger partial charge in [-0.05, 0) is 35.4 Å². The molecule has 0 spiro atoms. The highest BCUT2D eigenvalue weighted by Gasteiger charge is 2.40.